The van der Waals surface area contributed by atoms with E-state index in [1.54, 1.807) is 7.11 Å². The highest BCUT2D eigenvalue weighted by Gasteiger charge is 2.55. The zero-order chi connectivity index (χ0) is 19.7. The molecule has 28 heavy (non-hydrogen) atoms. The van der Waals surface area contributed by atoms with Crippen LogP contribution >= 0.6 is 0 Å². The second-order valence-electron chi connectivity index (χ2n) is 9.96. The molecule has 2 saturated carbocycles. The van der Waals surface area contributed by atoms with Crippen LogP contribution in [-0.4, -0.2) is 30.0 Å². The van der Waals surface area contributed by atoms with Crippen LogP contribution in [0.3, 0.4) is 0 Å². The molecular weight excluding hydrogens is 348 g/mol. The van der Waals surface area contributed by atoms with Crippen LogP contribution < -0.4 is 0 Å². The summed E-state index contributed by atoms with van der Waals surface area (Å²) in [5.41, 5.74) is 3.04. The van der Waals surface area contributed by atoms with Gasteiger partial charge in [0.15, 0.2) is 0 Å². The third-order valence-electron chi connectivity index (χ3n) is 8.50. The van der Waals surface area contributed by atoms with Crippen LogP contribution in [0.2, 0.25) is 0 Å². The van der Waals surface area contributed by atoms with Crippen LogP contribution in [0.1, 0.15) is 94.1 Å². The van der Waals surface area contributed by atoms with Crippen molar-refractivity contribution in [3.05, 3.63) is 29.3 Å². The summed E-state index contributed by atoms with van der Waals surface area (Å²) in [6.07, 6.45) is 11.8. The van der Waals surface area contributed by atoms with E-state index in [-0.39, 0.29) is 11.5 Å². The molecule has 6 atom stereocenters. The smallest absolute Gasteiger partial charge is 0.115 e. The summed E-state index contributed by atoms with van der Waals surface area (Å²) in [5, 5.41) is 20.8. The Morgan fingerprint density at radius 2 is 1.89 bits per heavy atom. The van der Waals surface area contributed by atoms with E-state index < -0.39 is 0 Å². The molecule has 0 bridgehead atoms. The van der Waals surface area contributed by atoms with E-state index in [2.05, 4.69) is 19.1 Å². The number of aliphatic hydroxyl groups excluding tert-OH is 1. The van der Waals surface area contributed by atoms with Gasteiger partial charge in [-0.05, 0) is 97.3 Å². The van der Waals surface area contributed by atoms with Crippen molar-refractivity contribution >= 4 is 0 Å². The first-order valence-electron chi connectivity index (χ1n) is 11.5. The number of phenolic OH excluding ortho intramolecular Hbond substituents is 1. The number of rotatable bonds is 7. The van der Waals surface area contributed by atoms with E-state index in [1.165, 1.54) is 56.1 Å². The molecule has 3 aliphatic rings. The third-order valence-corrected chi connectivity index (χ3v) is 8.50. The first-order chi connectivity index (χ1) is 13.5. The molecule has 3 heteroatoms. The first-order valence-corrected chi connectivity index (χ1v) is 11.5. The van der Waals surface area contributed by atoms with Crippen LogP contribution in [0.4, 0.5) is 0 Å². The van der Waals surface area contributed by atoms with Crippen molar-refractivity contribution in [2.24, 2.45) is 17.3 Å². The lowest BCUT2D eigenvalue weighted by atomic mass is 9.53. The number of ether oxygens (including phenoxy) is 1. The molecule has 0 radical (unpaired) electrons. The van der Waals surface area contributed by atoms with E-state index in [0.717, 1.165) is 25.9 Å². The van der Waals surface area contributed by atoms with E-state index in [0.29, 0.717) is 29.4 Å². The van der Waals surface area contributed by atoms with Gasteiger partial charge in [0.25, 0.3) is 0 Å². The molecule has 3 aliphatic carbocycles. The monoisotopic (exact) mass is 386 g/mol. The number of hydrogen-bond donors (Lipinski definition) is 2. The summed E-state index contributed by atoms with van der Waals surface area (Å²) < 4.78 is 5.17. The summed E-state index contributed by atoms with van der Waals surface area (Å²) in [4.78, 5) is 0. The van der Waals surface area contributed by atoms with Gasteiger partial charge in [-0.1, -0.05) is 32.3 Å². The fourth-order valence-electron chi connectivity index (χ4n) is 6.95. The lowest BCUT2D eigenvalue weighted by Gasteiger charge is -2.51. The summed E-state index contributed by atoms with van der Waals surface area (Å²) in [5.74, 6) is 2.96. The number of unbranched alkanes of at least 4 members (excludes halogenated alkanes) is 3. The van der Waals surface area contributed by atoms with Crippen LogP contribution in [-0.2, 0) is 4.74 Å². The minimum Gasteiger partial charge on any atom is -0.508 e. The van der Waals surface area contributed by atoms with Crippen molar-refractivity contribution < 1.29 is 14.9 Å². The fraction of sp³-hybridized carbons (Fsp3) is 0.760. The largest absolute Gasteiger partial charge is 0.508 e. The molecule has 0 unspecified atom stereocenters. The molecule has 0 aromatic heterocycles. The summed E-state index contributed by atoms with van der Waals surface area (Å²) in [6, 6.07) is 6.15. The maximum Gasteiger partial charge on any atom is 0.115 e. The Morgan fingerprint density at radius 3 is 2.71 bits per heavy atom. The van der Waals surface area contributed by atoms with Crippen molar-refractivity contribution in [2.75, 3.05) is 13.7 Å². The fourth-order valence-corrected chi connectivity index (χ4v) is 6.95. The molecule has 3 nitrogen and oxygen atoms in total. The molecule has 156 valence electrons. The number of aromatic hydroxyl groups is 1. The molecule has 0 saturated heterocycles. The molecule has 0 spiro atoms. The number of aliphatic hydroxyl groups is 1. The standard InChI is InChI=1S/C25H38O3/c1-25-13-12-20-19-9-8-18(26)16-21(19)17(7-5-3-4-6-14-28-2)15-22(20)23(25)10-11-24(25)27/h8-9,16-17,20,22-24,26-27H,3-7,10-15H2,1-2H3/t17-,20-,22-,23+,24+,25+/m1/s1. The maximum atomic E-state index is 10.7. The Morgan fingerprint density at radius 1 is 1.07 bits per heavy atom. The zero-order valence-electron chi connectivity index (χ0n) is 17.7. The van der Waals surface area contributed by atoms with Crippen molar-refractivity contribution in [2.45, 2.75) is 89.1 Å². The average molecular weight is 387 g/mol. The molecule has 2 N–H and O–H groups in total. The predicted molar refractivity (Wildman–Crippen MR) is 113 cm³/mol. The number of phenols is 1. The summed E-state index contributed by atoms with van der Waals surface area (Å²) in [7, 11) is 1.78. The second-order valence-corrected chi connectivity index (χ2v) is 9.96. The van der Waals surface area contributed by atoms with Crippen LogP contribution in [0.15, 0.2) is 18.2 Å². The van der Waals surface area contributed by atoms with E-state index in [9.17, 15) is 10.2 Å². The van der Waals surface area contributed by atoms with Crippen molar-refractivity contribution in [3.63, 3.8) is 0 Å². The van der Waals surface area contributed by atoms with E-state index in [4.69, 9.17) is 4.74 Å². The second kappa shape index (κ2) is 8.36. The number of hydrogen-bond acceptors (Lipinski definition) is 3. The summed E-state index contributed by atoms with van der Waals surface area (Å²) in [6.45, 7) is 3.22. The highest BCUT2D eigenvalue weighted by molar-refractivity contribution is 5.42. The normalized spacial score (nSPS) is 36.6. The minimum absolute atomic E-state index is 0.112. The van der Waals surface area contributed by atoms with Gasteiger partial charge in [-0.2, -0.15) is 0 Å². The number of benzene rings is 1. The maximum absolute atomic E-state index is 10.7. The number of fused-ring (bicyclic) bond motifs is 5. The van der Waals surface area contributed by atoms with Crippen molar-refractivity contribution in [1.29, 1.82) is 0 Å². The lowest BCUT2D eigenvalue weighted by molar-refractivity contribution is -0.0252. The Bertz CT molecular complexity index is 672. The predicted octanol–water partition coefficient (Wildman–Crippen LogP) is 5.75. The lowest BCUT2D eigenvalue weighted by Crippen LogP contribution is -2.44. The Balaban J connectivity index is 1.52. The molecule has 1 aromatic rings. The molecule has 0 amide bonds. The molecule has 1 aromatic carbocycles. The highest BCUT2D eigenvalue weighted by Crippen LogP contribution is 2.62. The van der Waals surface area contributed by atoms with Gasteiger partial charge in [-0.25, -0.2) is 0 Å². The molecule has 0 aliphatic heterocycles. The Kier molecular flexibility index (Phi) is 6.04. The van der Waals surface area contributed by atoms with Crippen molar-refractivity contribution in [3.8, 4) is 5.75 Å². The van der Waals surface area contributed by atoms with Gasteiger partial charge in [-0.3, -0.25) is 0 Å². The zero-order valence-corrected chi connectivity index (χ0v) is 17.7. The van der Waals surface area contributed by atoms with E-state index >= 15 is 0 Å². The van der Waals surface area contributed by atoms with Gasteiger partial charge in [0.1, 0.15) is 5.75 Å². The molecular formula is C25H38O3. The summed E-state index contributed by atoms with van der Waals surface area (Å²) >= 11 is 0. The van der Waals surface area contributed by atoms with Gasteiger partial charge in [-0.15, -0.1) is 0 Å². The minimum atomic E-state index is -0.112. The average Bonchev–Trinajstić information content (AvgIpc) is 2.99. The quantitative estimate of drug-likeness (QED) is 0.587. The SMILES string of the molecule is COCCCCCC[C@@H]1C[C@@H]2[C@H](CC[C@]3(C)[C@@H](O)CC[C@@H]23)c2ccc(O)cc21. The molecule has 0 heterocycles. The van der Waals surface area contributed by atoms with E-state index in [1.807, 2.05) is 6.07 Å². The topological polar surface area (TPSA) is 49.7 Å². The third kappa shape index (κ3) is 3.61. The van der Waals surface area contributed by atoms with Gasteiger partial charge in [0.2, 0.25) is 0 Å². The van der Waals surface area contributed by atoms with Crippen LogP contribution in [0, 0.1) is 17.3 Å². The van der Waals surface area contributed by atoms with Crippen LogP contribution in [0.25, 0.3) is 0 Å². The molecule has 4 rings (SSSR count). The number of methoxy groups -OCH3 is 1. The highest BCUT2D eigenvalue weighted by atomic mass is 16.5. The van der Waals surface area contributed by atoms with Gasteiger partial charge >= 0.3 is 0 Å². The van der Waals surface area contributed by atoms with Gasteiger partial charge < -0.3 is 14.9 Å². The first kappa shape index (κ1) is 20.2. The molecule has 2 fully saturated rings. The Hall–Kier alpha value is -1.06. The van der Waals surface area contributed by atoms with Gasteiger partial charge in [0, 0.05) is 13.7 Å². The van der Waals surface area contributed by atoms with Crippen molar-refractivity contribution in [1.82, 2.24) is 0 Å². The Labute approximate surface area is 170 Å². The van der Waals surface area contributed by atoms with Crippen LogP contribution in [0.5, 0.6) is 5.75 Å². The van der Waals surface area contributed by atoms with Gasteiger partial charge in [0.05, 0.1) is 6.10 Å².